The van der Waals surface area contributed by atoms with Gasteiger partial charge in [-0.25, -0.2) is 9.59 Å². The number of rotatable bonds is 18. The number of aliphatic hydroxyl groups is 1. The molecule has 1 fully saturated rings. The molecule has 0 saturated carbocycles. The third-order valence-corrected chi connectivity index (χ3v) is 8.71. The molecule has 2 aromatic rings. The summed E-state index contributed by atoms with van der Waals surface area (Å²) in [6.07, 6.45) is 3.05. The van der Waals surface area contributed by atoms with Gasteiger partial charge in [0.1, 0.15) is 36.8 Å². The second kappa shape index (κ2) is 21.3. The molecule has 54 heavy (non-hydrogen) atoms. The van der Waals surface area contributed by atoms with Crippen LogP contribution in [0.2, 0.25) is 0 Å². The standard InChI is InChI=1S/C39H53N5O10/c1-7-18-53-39(51)43-34(24(2)3)36(48)40-27(6)35(47)41-29-15-13-28(14-16-29)23-54-38(50)42-32-21-33(52-19-10-11-26(5)46)25(4)20-31(32)37(49)44-17-9-8-12-30(44)22-45/h7,13-16,20-21,24,27,30,34,45H,1,8-12,17-19,22-23H2,2-6H3,(H,40,48)(H,41,47)(H,42,50)(H,43,51)/t27-,30-,34-/m0/s1. The molecule has 1 aliphatic rings. The largest absolute Gasteiger partial charge is 0.493 e. The van der Waals surface area contributed by atoms with Crippen LogP contribution in [0.4, 0.5) is 21.0 Å². The van der Waals surface area contributed by atoms with Gasteiger partial charge in [0.05, 0.1) is 30.5 Å². The summed E-state index contributed by atoms with van der Waals surface area (Å²) in [5, 5.41) is 20.4. The van der Waals surface area contributed by atoms with Gasteiger partial charge in [0, 0.05) is 24.7 Å². The van der Waals surface area contributed by atoms with E-state index in [-0.39, 0.29) is 61.3 Å². The summed E-state index contributed by atoms with van der Waals surface area (Å²) in [6, 6.07) is 7.53. The highest BCUT2D eigenvalue weighted by Gasteiger charge is 2.30. The van der Waals surface area contributed by atoms with Gasteiger partial charge < -0.3 is 45.0 Å². The Kier molecular flexibility index (Phi) is 17.0. The lowest BCUT2D eigenvalue weighted by atomic mass is 10.00. The molecular formula is C39H53N5O10. The van der Waals surface area contributed by atoms with E-state index in [2.05, 4.69) is 27.8 Å². The summed E-state index contributed by atoms with van der Waals surface area (Å²) in [5.41, 5.74) is 2.11. The van der Waals surface area contributed by atoms with Crippen LogP contribution in [0.1, 0.15) is 81.3 Å². The van der Waals surface area contributed by atoms with Gasteiger partial charge in [0.2, 0.25) is 11.8 Å². The summed E-state index contributed by atoms with van der Waals surface area (Å²) >= 11 is 0. The van der Waals surface area contributed by atoms with Crippen LogP contribution in [0.5, 0.6) is 5.75 Å². The normalized spacial score (nSPS) is 14.9. The number of hydrogen-bond donors (Lipinski definition) is 5. The summed E-state index contributed by atoms with van der Waals surface area (Å²) in [5.74, 6) is -1.17. The van der Waals surface area contributed by atoms with Crippen LogP contribution in [-0.2, 0) is 30.5 Å². The minimum absolute atomic E-state index is 0.0142. The molecule has 15 heteroatoms. The first-order valence-corrected chi connectivity index (χ1v) is 18.1. The van der Waals surface area contributed by atoms with E-state index in [0.29, 0.717) is 48.4 Å². The van der Waals surface area contributed by atoms with Crippen LogP contribution >= 0.6 is 0 Å². The molecule has 0 aliphatic carbocycles. The second-order valence-electron chi connectivity index (χ2n) is 13.5. The number of ether oxygens (including phenoxy) is 3. The quantitative estimate of drug-likeness (QED) is 0.103. The molecule has 2 aromatic carbocycles. The number of aryl methyl sites for hydroxylation is 1. The molecule has 1 saturated heterocycles. The maximum Gasteiger partial charge on any atom is 0.411 e. The van der Waals surface area contributed by atoms with E-state index >= 15 is 0 Å². The molecule has 3 rings (SSSR count). The lowest BCUT2D eigenvalue weighted by Gasteiger charge is -2.35. The van der Waals surface area contributed by atoms with Gasteiger partial charge in [-0.05, 0) is 81.7 Å². The zero-order valence-electron chi connectivity index (χ0n) is 31.7. The number of benzene rings is 2. The van der Waals surface area contributed by atoms with Crippen molar-refractivity contribution in [2.45, 2.75) is 91.5 Å². The van der Waals surface area contributed by atoms with Gasteiger partial charge in [0.25, 0.3) is 5.91 Å². The molecule has 1 heterocycles. The van der Waals surface area contributed by atoms with Crippen molar-refractivity contribution in [3.8, 4) is 5.75 Å². The number of nitrogens with one attached hydrogen (secondary N) is 4. The Balaban J connectivity index is 1.63. The van der Waals surface area contributed by atoms with Crippen molar-refractivity contribution in [2.24, 2.45) is 5.92 Å². The van der Waals surface area contributed by atoms with Crippen LogP contribution in [0.3, 0.4) is 0 Å². The SMILES string of the molecule is C=CCOC(=O)N[C@H](C(=O)N[C@@H](C)C(=O)Nc1ccc(COC(=O)Nc2cc(OCCCC(C)=O)c(C)cc2C(=O)N2CCCC[C@H]2CO)cc1)C(C)C. The molecule has 0 unspecified atom stereocenters. The minimum Gasteiger partial charge on any atom is -0.493 e. The number of likely N-dealkylation sites (tertiary alicyclic amines) is 1. The van der Waals surface area contributed by atoms with Crippen molar-refractivity contribution in [3.05, 3.63) is 65.7 Å². The zero-order valence-corrected chi connectivity index (χ0v) is 31.7. The van der Waals surface area contributed by atoms with Crippen molar-refractivity contribution in [2.75, 3.05) is 37.0 Å². The lowest BCUT2D eigenvalue weighted by Crippen LogP contribution is -2.53. The van der Waals surface area contributed by atoms with E-state index in [4.69, 9.17) is 14.2 Å². The Morgan fingerprint density at radius 3 is 2.33 bits per heavy atom. The Bertz CT molecular complexity index is 1640. The number of hydrogen-bond acceptors (Lipinski definition) is 10. The highest BCUT2D eigenvalue weighted by atomic mass is 16.6. The van der Waals surface area contributed by atoms with Crippen molar-refractivity contribution < 1.29 is 48.1 Å². The number of ketones is 1. The molecule has 0 spiro atoms. The monoisotopic (exact) mass is 751 g/mol. The summed E-state index contributed by atoms with van der Waals surface area (Å²) in [7, 11) is 0. The topological polar surface area (TPSA) is 202 Å². The number of nitrogens with zero attached hydrogens (tertiary/aromatic N) is 1. The number of anilines is 2. The van der Waals surface area contributed by atoms with E-state index in [1.165, 1.54) is 19.9 Å². The molecule has 3 atom stereocenters. The van der Waals surface area contributed by atoms with E-state index in [1.54, 1.807) is 62.1 Å². The van der Waals surface area contributed by atoms with Crippen molar-refractivity contribution >= 4 is 47.1 Å². The van der Waals surface area contributed by atoms with Crippen LogP contribution in [0.15, 0.2) is 49.1 Å². The average Bonchev–Trinajstić information content (AvgIpc) is 3.14. The molecule has 5 N–H and O–H groups in total. The number of aliphatic hydroxyl groups excluding tert-OH is 1. The van der Waals surface area contributed by atoms with Gasteiger partial charge in [-0.2, -0.15) is 0 Å². The van der Waals surface area contributed by atoms with Crippen LogP contribution in [0.25, 0.3) is 0 Å². The fourth-order valence-electron chi connectivity index (χ4n) is 5.68. The van der Waals surface area contributed by atoms with Gasteiger partial charge >= 0.3 is 12.2 Å². The van der Waals surface area contributed by atoms with E-state index in [9.17, 15) is 33.9 Å². The Hall–Kier alpha value is -5.44. The van der Waals surface area contributed by atoms with Crippen LogP contribution < -0.4 is 26.0 Å². The molecule has 5 amide bonds. The number of amides is 5. The highest BCUT2D eigenvalue weighted by molar-refractivity contribution is 6.03. The number of carbonyl (C=O) groups is 6. The highest BCUT2D eigenvalue weighted by Crippen LogP contribution is 2.30. The predicted molar refractivity (Wildman–Crippen MR) is 202 cm³/mol. The number of carbonyl (C=O) groups excluding carboxylic acids is 6. The Labute approximate surface area is 316 Å². The second-order valence-corrected chi connectivity index (χ2v) is 13.5. The molecule has 0 bridgehead atoms. The summed E-state index contributed by atoms with van der Waals surface area (Å²) in [4.78, 5) is 77.4. The number of piperidine rings is 1. The molecule has 15 nitrogen and oxygen atoms in total. The Morgan fingerprint density at radius 1 is 0.963 bits per heavy atom. The Morgan fingerprint density at radius 2 is 1.69 bits per heavy atom. The number of Topliss-reactive ketones (excluding diaryl/α,β-unsaturated/α-hetero) is 1. The van der Waals surface area contributed by atoms with E-state index < -0.39 is 36.1 Å². The summed E-state index contributed by atoms with van der Waals surface area (Å²) < 4.78 is 16.3. The predicted octanol–water partition coefficient (Wildman–Crippen LogP) is 4.86. The van der Waals surface area contributed by atoms with Crippen LogP contribution in [0, 0.1) is 12.8 Å². The molecule has 1 aliphatic heterocycles. The molecule has 0 aromatic heterocycles. The van der Waals surface area contributed by atoms with E-state index in [1.807, 2.05) is 0 Å². The van der Waals surface area contributed by atoms with Gasteiger partial charge in [0.15, 0.2) is 0 Å². The molecule has 0 radical (unpaired) electrons. The summed E-state index contributed by atoms with van der Waals surface area (Å²) in [6.45, 7) is 12.2. The van der Waals surface area contributed by atoms with Crippen molar-refractivity contribution in [1.29, 1.82) is 0 Å². The minimum atomic E-state index is -0.939. The first kappa shape index (κ1) is 43.0. The zero-order chi connectivity index (χ0) is 39.8. The average molecular weight is 752 g/mol. The van der Waals surface area contributed by atoms with Gasteiger partial charge in [-0.15, -0.1) is 0 Å². The fraction of sp³-hybridized carbons (Fsp3) is 0.487. The third kappa shape index (κ3) is 13.2. The fourth-order valence-corrected chi connectivity index (χ4v) is 5.68. The smallest absolute Gasteiger partial charge is 0.411 e. The van der Waals surface area contributed by atoms with Crippen LogP contribution in [-0.4, -0.2) is 90.2 Å². The van der Waals surface area contributed by atoms with Gasteiger partial charge in [-0.1, -0.05) is 38.6 Å². The third-order valence-electron chi connectivity index (χ3n) is 8.71. The van der Waals surface area contributed by atoms with Crippen molar-refractivity contribution in [3.63, 3.8) is 0 Å². The molecule has 294 valence electrons. The molecular weight excluding hydrogens is 698 g/mol. The maximum atomic E-state index is 13.8. The maximum absolute atomic E-state index is 13.8. The first-order chi connectivity index (χ1) is 25.7. The number of alkyl carbamates (subject to hydrolysis) is 1. The van der Waals surface area contributed by atoms with E-state index in [0.717, 1.165) is 12.8 Å². The lowest BCUT2D eigenvalue weighted by molar-refractivity contribution is -0.128. The van der Waals surface area contributed by atoms with Gasteiger partial charge in [-0.3, -0.25) is 19.7 Å². The van der Waals surface area contributed by atoms with Crippen molar-refractivity contribution in [1.82, 2.24) is 15.5 Å². The first-order valence-electron chi connectivity index (χ1n) is 18.1.